The summed E-state index contributed by atoms with van der Waals surface area (Å²) >= 11 is 0. The summed E-state index contributed by atoms with van der Waals surface area (Å²) in [7, 11) is 0. The van der Waals surface area contributed by atoms with Crippen LogP contribution in [0.2, 0.25) is 0 Å². The summed E-state index contributed by atoms with van der Waals surface area (Å²) in [6.45, 7) is 7.77. The third-order valence-corrected chi connectivity index (χ3v) is 2.38. The first kappa shape index (κ1) is 11.2. The van der Waals surface area contributed by atoms with E-state index in [-0.39, 0.29) is 0 Å². The smallest absolute Gasteiger partial charge is 0.0292 e. The van der Waals surface area contributed by atoms with Gasteiger partial charge in [-0.1, -0.05) is 13.8 Å². The van der Waals surface area contributed by atoms with Gasteiger partial charge < -0.3 is 5.32 Å². The molecule has 14 heavy (non-hydrogen) atoms. The summed E-state index contributed by atoms with van der Waals surface area (Å²) in [4.78, 5) is 4.01. The van der Waals surface area contributed by atoms with Gasteiger partial charge in [0.25, 0.3) is 0 Å². The lowest BCUT2D eigenvalue weighted by Crippen LogP contribution is -2.20. The number of rotatable bonds is 5. The van der Waals surface area contributed by atoms with Crippen LogP contribution in [-0.2, 0) is 0 Å². The van der Waals surface area contributed by atoms with E-state index in [0.29, 0.717) is 6.04 Å². The lowest BCUT2D eigenvalue weighted by molar-refractivity contribution is 0.497. The molecular weight excluding hydrogens is 172 g/mol. The predicted octanol–water partition coefficient (Wildman–Crippen LogP) is 2.78. The number of hydrogen-bond acceptors (Lipinski definition) is 2. The van der Waals surface area contributed by atoms with Crippen LogP contribution in [0.25, 0.3) is 0 Å². The Morgan fingerprint density at radius 3 is 2.43 bits per heavy atom. The molecule has 1 atom stereocenters. The summed E-state index contributed by atoms with van der Waals surface area (Å²) in [6, 6.07) is 4.55. The van der Waals surface area contributed by atoms with Crippen molar-refractivity contribution in [2.75, 3.05) is 6.54 Å². The Hall–Kier alpha value is -0.890. The van der Waals surface area contributed by atoms with Crippen molar-refractivity contribution in [2.24, 2.45) is 5.92 Å². The lowest BCUT2D eigenvalue weighted by Gasteiger charge is -2.14. The largest absolute Gasteiger partial charge is 0.310 e. The SMILES string of the molecule is CC(C)CCN[C@@H](C)c1ccncc1. The Morgan fingerprint density at radius 2 is 1.86 bits per heavy atom. The molecule has 0 aliphatic carbocycles. The van der Waals surface area contributed by atoms with Crippen molar-refractivity contribution in [1.82, 2.24) is 10.3 Å². The van der Waals surface area contributed by atoms with Gasteiger partial charge in [0.1, 0.15) is 0 Å². The summed E-state index contributed by atoms with van der Waals surface area (Å²) in [6.07, 6.45) is 4.92. The molecular formula is C12H20N2. The Bertz CT molecular complexity index is 244. The molecule has 0 spiro atoms. The highest BCUT2D eigenvalue weighted by Gasteiger charge is 2.03. The number of hydrogen-bond donors (Lipinski definition) is 1. The van der Waals surface area contributed by atoms with E-state index >= 15 is 0 Å². The van der Waals surface area contributed by atoms with Crippen molar-refractivity contribution in [3.63, 3.8) is 0 Å². The monoisotopic (exact) mass is 192 g/mol. The molecule has 1 N–H and O–H groups in total. The van der Waals surface area contributed by atoms with E-state index in [1.165, 1.54) is 12.0 Å². The van der Waals surface area contributed by atoms with Crippen LogP contribution in [0.15, 0.2) is 24.5 Å². The maximum absolute atomic E-state index is 4.01. The van der Waals surface area contributed by atoms with Crippen molar-refractivity contribution in [1.29, 1.82) is 0 Å². The maximum Gasteiger partial charge on any atom is 0.0292 e. The van der Waals surface area contributed by atoms with Crippen LogP contribution >= 0.6 is 0 Å². The molecule has 2 nitrogen and oxygen atoms in total. The van der Waals surface area contributed by atoms with Gasteiger partial charge in [0, 0.05) is 18.4 Å². The van der Waals surface area contributed by atoms with E-state index in [4.69, 9.17) is 0 Å². The highest BCUT2D eigenvalue weighted by Crippen LogP contribution is 2.10. The Kier molecular flexibility index (Phi) is 4.60. The highest BCUT2D eigenvalue weighted by atomic mass is 14.9. The quantitative estimate of drug-likeness (QED) is 0.776. The van der Waals surface area contributed by atoms with Gasteiger partial charge in [0.2, 0.25) is 0 Å². The number of nitrogens with zero attached hydrogens (tertiary/aromatic N) is 1. The summed E-state index contributed by atoms with van der Waals surface area (Å²) in [5.41, 5.74) is 1.31. The van der Waals surface area contributed by atoms with Crippen LogP contribution in [0, 0.1) is 5.92 Å². The molecule has 1 rings (SSSR count). The van der Waals surface area contributed by atoms with Gasteiger partial charge in [0.05, 0.1) is 0 Å². The molecule has 0 aliphatic heterocycles. The topological polar surface area (TPSA) is 24.9 Å². The third kappa shape index (κ3) is 3.88. The van der Waals surface area contributed by atoms with E-state index < -0.39 is 0 Å². The van der Waals surface area contributed by atoms with Gasteiger partial charge in [-0.25, -0.2) is 0 Å². The second-order valence-electron chi connectivity index (χ2n) is 4.14. The molecule has 78 valence electrons. The molecule has 0 aliphatic rings. The molecule has 0 bridgehead atoms. The minimum absolute atomic E-state index is 0.428. The Balaban J connectivity index is 2.32. The molecule has 0 radical (unpaired) electrons. The highest BCUT2D eigenvalue weighted by molar-refractivity contribution is 5.13. The normalized spacial score (nSPS) is 13.1. The van der Waals surface area contributed by atoms with Crippen molar-refractivity contribution >= 4 is 0 Å². The number of pyridine rings is 1. The minimum Gasteiger partial charge on any atom is -0.310 e. The first-order valence-electron chi connectivity index (χ1n) is 5.33. The van der Waals surface area contributed by atoms with Crippen LogP contribution < -0.4 is 5.32 Å². The second-order valence-corrected chi connectivity index (χ2v) is 4.14. The molecule has 0 fully saturated rings. The van der Waals surface area contributed by atoms with Gasteiger partial charge in [-0.2, -0.15) is 0 Å². The van der Waals surface area contributed by atoms with Gasteiger partial charge in [-0.05, 0) is 43.5 Å². The summed E-state index contributed by atoms with van der Waals surface area (Å²) in [5.74, 6) is 0.771. The summed E-state index contributed by atoms with van der Waals surface area (Å²) < 4.78 is 0. The maximum atomic E-state index is 4.01. The lowest BCUT2D eigenvalue weighted by atomic mass is 10.1. The second kappa shape index (κ2) is 5.76. The van der Waals surface area contributed by atoms with Gasteiger partial charge in [0.15, 0.2) is 0 Å². The van der Waals surface area contributed by atoms with Crippen LogP contribution in [0.5, 0.6) is 0 Å². The fourth-order valence-electron chi connectivity index (χ4n) is 1.36. The van der Waals surface area contributed by atoms with Crippen LogP contribution in [0.4, 0.5) is 0 Å². The van der Waals surface area contributed by atoms with Crippen LogP contribution in [-0.4, -0.2) is 11.5 Å². The summed E-state index contributed by atoms with van der Waals surface area (Å²) in [5, 5.41) is 3.50. The first-order chi connectivity index (χ1) is 6.70. The van der Waals surface area contributed by atoms with Gasteiger partial charge >= 0.3 is 0 Å². The van der Waals surface area contributed by atoms with Gasteiger partial charge in [-0.15, -0.1) is 0 Å². The fourth-order valence-corrected chi connectivity index (χ4v) is 1.36. The molecule has 0 saturated carbocycles. The fraction of sp³-hybridized carbons (Fsp3) is 0.583. The standard InChI is InChI=1S/C12H20N2/c1-10(2)4-9-14-11(3)12-5-7-13-8-6-12/h5-8,10-11,14H,4,9H2,1-3H3/t11-/m0/s1. The zero-order valence-electron chi connectivity index (χ0n) is 9.33. The van der Waals surface area contributed by atoms with Crippen molar-refractivity contribution in [2.45, 2.75) is 33.2 Å². The molecule has 0 saturated heterocycles. The molecule has 0 amide bonds. The van der Waals surface area contributed by atoms with E-state index in [2.05, 4.69) is 43.2 Å². The van der Waals surface area contributed by atoms with Crippen molar-refractivity contribution in [3.8, 4) is 0 Å². The number of aromatic nitrogens is 1. The Morgan fingerprint density at radius 1 is 1.21 bits per heavy atom. The zero-order valence-corrected chi connectivity index (χ0v) is 9.33. The van der Waals surface area contributed by atoms with E-state index in [0.717, 1.165) is 12.5 Å². The van der Waals surface area contributed by atoms with Crippen molar-refractivity contribution in [3.05, 3.63) is 30.1 Å². The average molecular weight is 192 g/mol. The predicted molar refractivity (Wildman–Crippen MR) is 60.1 cm³/mol. The zero-order chi connectivity index (χ0) is 10.4. The van der Waals surface area contributed by atoms with E-state index in [9.17, 15) is 0 Å². The number of nitrogens with one attached hydrogen (secondary N) is 1. The molecule has 0 unspecified atom stereocenters. The molecule has 0 aromatic carbocycles. The average Bonchev–Trinajstić information content (AvgIpc) is 2.18. The van der Waals surface area contributed by atoms with Crippen molar-refractivity contribution < 1.29 is 0 Å². The minimum atomic E-state index is 0.428. The third-order valence-electron chi connectivity index (χ3n) is 2.38. The van der Waals surface area contributed by atoms with Crippen LogP contribution in [0.3, 0.4) is 0 Å². The van der Waals surface area contributed by atoms with Gasteiger partial charge in [-0.3, -0.25) is 4.98 Å². The Labute approximate surface area is 86.8 Å². The van der Waals surface area contributed by atoms with E-state index in [1.807, 2.05) is 12.4 Å². The molecule has 1 aromatic rings. The first-order valence-corrected chi connectivity index (χ1v) is 5.33. The molecule has 1 aromatic heterocycles. The van der Waals surface area contributed by atoms with Crippen LogP contribution in [0.1, 0.15) is 38.8 Å². The molecule has 1 heterocycles. The molecule has 2 heteroatoms. The van der Waals surface area contributed by atoms with E-state index in [1.54, 1.807) is 0 Å².